The Morgan fingerprint density at radius 3 is 3.07 bits per heavy atom. The molecule has 1 aliphatic rings. The molecule has 76 valence electrons. The number of nitrogens with two attached hydrogens (primary N) is 1. The van der Waals surface area contributed by atoms with Crippen LogP contribution in [0.4, 0.5) is 5.88 Å². The maximum atomic E-state index is 5.65. The summed E-state index contributed by atoms with van der Waals surface area (Å²) in [6, 6.07) is 6.05. The maximum Gasteiger partial charge on any atom is 0.229 e. The summed E-state index contributed by atoms with van der Waals surface area (Å²) in [5.74, 6) is 1.28. The van der Waals surface area contributed by atoms with Gasteiger partial charge < -0.3 is 15.0 Å². The predicted molar refractivity (Wildman–Crippen MR) is 55.6 cm³/mol. The number of ether oxygens (including phenoxy) is 1. The number of anilines is 1. The number of nitrogens with zero attached hydrogens (tertiary/aromatic N) is 1. The second-order valence-corrected chi connectivity index (χ2v) is 3.52. The Kier molecular flexibility index (Phi) is 1.68. The van der Waals surface area contributed by atoms with E-state index in [0.29, 0.717) is 5.88 Å². The van der Waals surface area contributed by atoms with Crippen molar-refractivity contribution in [3.63, 3.8) is 0 Å². The molecule has 15 heavy (non-hydrogen) atoms. The lowest BCUT2D eigenvalue weighted by molar-refractivity contribution is 0.357. The zero-order chi connectivity index (χ0) is 10.3. The van der Waals surface area contributed by atoms with Crippen molar-refractivity contribution >= 4 is 5.88 Å². The van der Waals surface area contributed by atoms with Crippen molar-refractivity contribution in [2.75, 3.05) is 12.3 Å². The molecule has 4 nitrogen and oxygen atoms in total. The van der Waals surface area contributed by atoms with Gasteiger partial charge in [0, 0.05) is 6.42 Å². The molecular formula is C11H10N2O2. The molecule has 1 aromatic heterocycles. The molecule has 0 amide bonds. The highest BCUT2D eigenvalue weighted by Crippen LogP contribution is 2.33. The first-order valence-corrected chi connectivity index (χ1v) is 4.81. The Labute approximate surface area is 86.6 Å². The van der Waals surface area contributed by atoms with Gasteiger partial charge in [0.2, 0.25) is 5.88 Å². The van der Waals surface area contributed by atoms with Crippen molar-refractivity contribution in [3.05, 3.63) is 30.0 Å². The van der Waals surface area contributed by atoms with E-state index in [1.54, 1.807) is 6.20 Å². The van der Waals surface area contributed by atoms with Crippen LogP contribution >= 0.6 is 0 Å². The molecule has 0 spiro atoms. The minimum Gasteiger partial charge on any atom is -0.493 e. The summed E-state index contributed by atoms with van der Waals surface area (Å²) >= 11 is 0. The van der Waals surface area contributed by atoms with Crippen molar-refractivity contribution in [1.29, 1.82) is 0 Å². The van der Waals surface area contributed by atoms with Gasteiger partial charge >= 0.3 is 0 Å². The molecule has 0 saturated heterocycles. The number of nitrogen functional groups attached to an aromatic ring is 1. The molecule has 0 fully saturated rings. The van der Waals surface area contributed by atoms with E-state index in [9.17, 15) is 0 Å². The van der Waals surface area contributed by atoms with Crippen LogP contribution < -0.4 is 10.5 Å². The Balaban J connectivity index is 2.11. The van der Waals surface area contributed by atoms with Gasteiger partial charge in [-0.25, -0.2) is 0 Å². The lowest BCUT2D eigenvalue weighted by atomic mass is 10.1. The molecule has 2 N–H and O–H groups in total. The lowest BCUT2D eigenvalue weighted by Gasteiger charge is -2.02. The van der Waals surface area contributed by atoms with Gasteiger partial charge in [0.1, 0.15) is 5.75 Å². The summed E-state index contributed by atoms with van der Waals surface area (Å²) in [7, 11) is 0. The fourth-order valence-corrected chi connectivity index (χ4v) is 1.80. The highest BCUT2D eigenvalue weighted by Gasteiger charge is 2.14. The van der Waals surface area contributed by atoms with E-state index in [2.05, 4.69) is 11.2 Å². The van der Waals surface area contributed by atoms with E-state index in [4.69, 9.17) is 15.0 Å². The van der Waals surface area contributed by atoms with Crippen LogP contribution in [-0.4, -0.2) is 11.8 Å². The number of hydrogen-bond donors (Lipinski definition) is 1. The molecule has 4 heteroatoms. The van der Waals surface area contributed by atoms with Crippen LogP contribution in [0.3, 0.4) is 0 Å². The van der Waals surface area contributed by atoms with Crippen LogP contribution in [0.25, 0.3) is 11.1 Å². The summed E-state index contributed by atoms with van der Waals surface area (Å²) in [6.07, 6.45) is 2.60. The molecule has 1 aromatic carbocycles. The highest BCUT2D eigenvalue weighted by molar-refractivity contribution is 5.73. The van der Waals surface area contributed by atoms with Crippen molar-refractivity contribution in [1.82, 2.24) is 5.16 Å². The van der Waals surface area contributed by atoms with E-state index >= 15 is 0 Å². The number of fused-ring (bicyclic) bond motifs is 1. The monoisotopic (exact) mass is 202 g/mol. The van der Waals surface area contributed by atoms with E-state index < -0.39 is 0 Å². The summed E-state index contributed by atoms with van der Waals surface area (Å²) in [5.41, 5.74) is 8.69. The fraction of sp³-hybridized carbons (Fsp3) is 0.182. The van der Waals surface area contributed by atoms with Crippen LogP contribution in [0.5, 0.6) is 5.75 Å². The summed E-state index contributed by atoms with van der Waals surface area (Å²) < 4.78 is 10.3. The second-order valence-electron chi connectivity index (χ2n) is 3.52. The number of benzene rings is 1. The lowest BCUT2D eigenvalue weighted by Crippen LogP contribution is -1.87. The standard InChI is InChI=1S/C11H10N2O2/c12-11-9(6-13-15-11)8-2-1-7-3-4-14-10(7)5-8/h1-2,5-6H,3-4,12H2. The van der Waals surface area contributed by atoms with Crippen LogP contribution in [0, 0.1) is 0 Å². The Hall–Kier alpha value is -1.97. The Morgan fingerprint density at radius 1 is 1.33 bits per heavy atom. The van der Waals surface area contributed by atoms with Crippen LogP contribution in [0.2, 0.25) is 0 Å². The van der Waals surface area contributed by atoms with Gasteiger partial charge in [0.25, 0.3) is 0 Å². The van der Waals surface area contributed by atoms with Crippen LogP contribution in [0.15, 0.2) is 28.9 Å². The molecule has 0 unspecified atom stereocenters. The molecule has 0 aliphatic carbocycles. The molecular weight excluding hydrogens is 192 g/mol. The SMILES string of the molecule is Nc1oncc1-c1ccc2c(c1)OCC2. The highest BCUT2D eigenvalue weighted by atomic mass is 16.5. The summed E-state index contributed by atoms with van der Waals surface area (Å²) in [6.45, 7) is 0.762. The van der Waals surface area contributed by atoms with Gasteiger partial charge in [-0.2, -0.15) is 0 Å². The van der Waals surface area contributed by atoms with Gasteiger partial charge in [-0.1, -0.05) is 17.3 Å². The van der Waals surface area contributed by atoms with E-state index in [-0.39, 0.29) is 0 Å². The first kappa shape index (κ1) is 8.35. The van der Waals surface area contributed by atoms with Crippen LogP contribution in [-0.2, 0) is 6.42 Å². The zero-order valence-electron chi connectivity index (χ0n) is 8.06. The minimum absolute atomic E-state index is 0.341. The quantitative estimate of drug-likeness (QED) is 0.766. The Bertz CT molecular complexity index is 505. The van der Waals surface area contributed by atoms with Gasteiger partial charge in [-0.3, -0.25) is 0 Å². The van der Waals surface area contributed by atoms with Crippen molar-refractivity contribution in [2.24, 2.45) is 0 Å². The van der Waals surface area contributed by atoms with Gasteiger partial charge in [0.05, 0.1) is 18.4 Å². The number of aromatic nitrogens is 1. The minimum atomic E-state index is 0.341. The third-order valence-corrected chi connectivity index (χ3v) is 2.61. The maximum absolute atomic E-state index is 5.65. The molecule has 2 aromatic rings. The second kappa shape index (κ2) is 3.02. The third-order valence-electron chi connectivity index (χ3n) is 2.61. The number of rotatable bonds is 1. The summed E-state index contributed by atoms with van der Waals surface area (Å²) in [5, 5.41) is 3.65. The zero-order valence-corrected chi connectivity index (χ0v) is 8.06. The molecule has 2 heterocycles. The van der Waals surface area contributed by atoms with E-state index in [1.807, 2.05) is 12.1 Å². The molecule has 3 rings (SSSR count). The van der Waals surface area contributed by atoms with E-state index in [1.165, 1.54) is 5.56 Å². The van der Waals surface area contributed by atoms with Gasteiger partial charge in [0.15, 0.2) is 0 Å². The predicted octanol–water partition coefficient (Wildman–Crippen LogP) is 1.86. The van der Waals surface area contributed by atoms with Crippen molar-refractivity contribution in [3.8, 4) is 16.9 Å². The van der Waals surface area contributed by atoms with Crippen molar-refractivity contribution < 1.29 is 9.26 Å². The fourth-order valence-electron chi connectivity index (χ4n) is 1.80. The molecule has 0 radical (unpaired) electrons. The first-order chi connectivity index (χ1) is 7.34. The topological polar surface area (TPSA) is 61.3 Å². The molecule has 0 saturated carbocycles. The smallest absolute Gasteiger partial charge is 0.229 e. The summed E-state index contributed by atoms with van der Waals surface area (Å²) in [4.78, 5) is 0. The molecule has 0 atom stereocenters. The van der Waals surface area contributed by atoms with Crippen molar-refractivity contribution in [2.45, 2.75) is 6.42 Å². The third kappa shape index (κ3) is 1.26. The van der Waals surface area contributed by atoms with Gasteiger partial charge in [-0.15, -0.1) is 0 Å². The largest absolute Gasteiger partial charge is 0.493 e. The average Bonchev–Trinajstić information content (AvgIpc) is 2.84. The molecule has 0 bridgehead atoms. The average molecular weight is 202 g/mol. The first-order valence-electron chi connectivity index (χ1n) is 4.81. The van der Waals surface area contributed by atoms with Crippen LogP contribution in [0.1, 0.15) is 5.56 Å². The molecule has 1 aliphatic heterocycles. The number of hydrogen-bond acceptors (Lipinski definition) is 4. The Morgan fingerprint density at radius 2 is 2.27 bits per heavy atom. The normalized spacial score (nSPS) is 13.6. The van der Waals surface area contributed by atoms with E-state index in [0.717, 1.165) is 29.9 Å². The van der Waals surface area contributed by atoms with Gasteiger partial charge in [-0.05, 0) is 17.2 Å².